The molecule has 2 atom stereocenters. The van der Waals surface area contributed by atoms with Gasteiger partial charge in [-0.25, -0.2) is 0 Å². The first-order valence-electron chi connectivity index (χ1n) is 9.01. The predicted molar refractivity (Wildman–Crippen MR) is 101 cm³/mol. The third-order valence-electron chi connectivity index (χ3n) is 5.03. The number of anilines is 1. The van der Waals surface area contributed by atoms with Crippen molar-refractivity contribution in [2.24, 2.45) is 5.92 Å². The van der Waals surface area contributed by atoms with Crippen LogP contribution in [-0.4, -0.2) is 23.8 Å². The molecule has 5 heteroatoms. The van der Waals surface area contributed by atoms with Gasteiger partial charge in [0, 0.05) is 5.69 Å². The summed E-state index contributed by atoms with van der Waals surface area (Å²) in [7, 11) is 0. The summed E-state index contributed by atoms with van der Waals surface area (Å²) in [6, 6.07) is 18.8. The molecule has 1 fully saturated rings. The number of hydrogen-bond donors (Lipinski definition) is 0. The fraction of sp³-hybridized carbons (Fsp3) is 0.227. The van der Waals surface area contributed by atoms with Gasteiger partial charge < -0.3 is 4.74 Å². The number of carbonyl (C=O) groups is 3. The summed E-state index contributed by atoms with van der Waals surface area (Å²) in [6.07, 6.45) is -0.623. The zero-order chi connectivity index (χ0) is 19.0. The number of hydrogen-bond acceptors (Lipinski definition) is 4. The summed E-state index contributed by atoms with van der Waals surface area (Å²) in [6.45, 7) is 1.95. The number of nitrogens with zero attached hydrogens (tertiary/aromatic N) is 1. The highest BCUT2D eigenvalue weighted by Gasteiger charge is 2.50. The number of ether oxygens (including phenoxy) is 1. The summed E-state index contributed by atoms with van der Waals surface area (Å²) in [5.41, 5.74) is 3.02. The second-order valence-corrected chi connectivity index (χ2v) is 6.63. The molecule has 4 rings (SSSR count). The Labute approximate surface area is 157 Å². The second kappa shape index (κ2) is 6.83. The molecule has 0 bridgehead atoms. The lowest BCUT2D eigenvalue weighted by molar-refractivity contribution is -0.162. The Kier molecular flexibility index (Phi) is 4.36. The van der Waals surface area contributed by atoms with E-state index in [0.717, 1.165) is 11.1 Å². The molecule has 2 heterocycles. The molecule has 2 aliphatic heterocycles. The van der Waals surface area contributed by atoms with Crippen molar-refractivity contribution < 1.29 is 19.1 Å². The Balaban J connectivity index is 1.98. The molecule has 2 aliphatic rings. The van der Waals surface area contributed by atoms with E-state index in [-0.39, 0.29) is 18.1 Å². The van der Waals surface area contributed by atoms with Gasteiger partial charge in [-0.15, -0.1) is 0 Å². The molecule has 1 amide bonds. The highest BCUT2D eigenvalue weighted by Crippen LogP contribution is 2.42. The van der Waals surface area contributed by atoms with Gasteiger partial charge >= 0.3 is 5.97 Å². The summed E-state index contributed by atoms with van der Waals surface area (Å²) >= 11 is 0. The molecule has 27 heavy (non-hydrogen) atoms. The van der Waals surface area contributed by atoms with Gasteiger partial charge in [0.1, 0.15) is 18.4 Å². The maximum Gasteiger partial charge on any atom is 0.313 e. The molecule has 1 saturated heterocycles. The van der Waals surface area contributed by atoms with E-state index < -0.39 is 18.0 Å². The van der Waals surface area contributed by atoms with Crippen LogP contribution in [0.4, 0.5) is 5.69 Å². The van der Waals surface area contributed by atoms with Crippen molar-refractivity contribution in [2.75, 3.05) is 4.90 Å². The average Bonchev–Trinajstić information content (AvgIpc) is 2.68. The highest BCUT2D eigenvalue weighted by molar-refractivity contribution is 6.20. The van der Waals surface area contributed by atoms with E-state index in [1.807, 2.05) is 67.6 Å². The third kappa shape index (κ3) is 2.85. The summed E-state index contributed by atoms with van der Waals surface area (Å²) < 4.78 is 5.51. The molecule has 0 N–H and O–H groups in total. The highest BCUT2D eigenvalue weighted by atomic mass is 16.5. The van der Waals surface area contributed by atoms with Crippen molar-refractivity contribution in [3.63, 3.8) is 0 Å². The fourth-order valence-corrected chi connectivity index (χ4v) is 3.85. The van der Waals surface area contributed by atoms with Gasteiger partial charge in [0.05, 0.1) is 5.70 Å². The van der Waals surface area contributed by atoms with Gasteiger partial charge in [0.2, 0.25) is 5.91 Å². The van der Waals surface area contributed by atoms with Crippen LogP contribution in [-0.2, 0) is 19.1 Å². The summed E-state index contributed by atoms with van der Waals surface area (Å²) in [5, 5.41) is 0. The number of benzene rings is 2. The first-order chi connectivity index (χ1) is 13.1. The Morgan fingerprint density at radius 2 is 1.59 bits per heavy atom. The molecule has 0 unspecified atom stereocenters. The normalized spacial score (nSPS) is 22.6. The van der Waals surface area contributed by atoms with Crippen molar-refractivity contribution in [1.29, 1.82) is 0 Å². The lowest BCUT2D eigenvalue weighted by atomic mass is 9.80. The van der Waals surface area contributed by atoms with E-state index in [1.54, 1.807) is 4.90 Å². The molecule has 0 spiro atoms. The minimum atomic E-state index is -0.981. The molecule has 5 nitrogen and oxygen atoms in total. The topological polar surface area (TPSA) is 63.7 Å². The number of ketones is 1. The van der Waals surface area contributed by atoms with E-state index >= 15 is 0 Å². The van der Waals surface area contributed by atoms with Gasteiger partial charge in [0.25, 0.3) is 0 Å². The van der Waals surface area contributed by atoms with Crippen molar-refractivity contribution >= 4 is 29.0 Å². The fourth-order valence-electron chi connectivity index (χ4n) is 3.85. The summed E-state index contributed by atoms with van der Waals surface area (Å²) in [4.78, 5) is 39.5. The number of Topliss-reactive ketones (excluding diaryl/α,β-unsaturated/α-hetero) is 1. The van der Waals surface area contributed by atoms with Crippen LogP contribution in [0.1, 0.15) is 25.3 Å². The Hall–Kier alpha value is -3.21. The van der Waals surface area contributed by atoms with Crippen LogP contribution < -0.4 is 4.90 Å². The minimum absolute atomic E-state index is 0.347. The van der Waals surface area contributed by atoms with E-state index in [1.165, 1.54) is 0 Å². The van der Waals surface area contributed by atoms with Crippen LogP contribution in [0.3, 0.4) is 0 Å². The monoisotopic (exact) mass is 361 g/mol. The van der Waals surface area contributed by atoms with Gasteiger partial charge in [-0.2, -0.15) is 0 Å². The number of para-hydroxylation sites is 1. The van der Waals surface area contributed by atoms with E-state index in [2.05, 4.69) is 0 Å². The zero-order valence-corrected chi connectivity index (χ0v) is 14.9. The molecular formula is C22H19NO4. The first-order valence-corrected chi connectivity index (χ1v) is 9.01. The molecule has 136 valence electrons. The maximum atomic E-state index is 13.4. The van der Waals surface area contributed by atoms with Gasteiger partial charge in [-0.05, 0) is 29.7 Å². The van der Waals surface area contributed by atoms with Crippen LogP contribution in [0, 0.1) is 5.92 Å². The molecule has 0 aliphatic carbocycles. The van der Waals surface area contributed by atoms with E-state index in [9.17, 15) is 14.4 Å². The van der Waals surface area contributed by atoms with Gasteiger partial charge in [-0.1, -0.05) is 55.5 Å². The second-order valence-electron chi connectivity index (χ2n) is 6.63. The third-order valence-corrected chi connectivity index (χ3v) is 5.03. The number of fused-ring (bicyclic) bond motifs is 1. The van der Waals surface area contributed by atoms with Crippen LogP contribution in [0.15, 0.2) is 66.2 Å². The van der Waals surface area contributed by atoms with Crippen LogP contribution in [0.25, 0.3) is 5.70 Å². The average molecular weight is 361 g/mol. The minimum Gasteiger partial charge on any atom is -0.456 e. The lowest BCUT2D eigenvalue weighted by Gasteiger charge is -2.41. The van der Waals surface area contributed by atoms with Crippen molar-refractivity contribution in [3.8, 4) is 0 Å². The van der Waals surface area contributed by atoms with Crippen molar-refractivity contribution in [1.82, 2.24) is 0 Å². The van der Waals surface area contributed by atoms with Gasteiger partial charge in [-0.3, -0.25) is 19.3 Å². The smallest absolute Gasteiger partial charge is 0.313 e. The van der Waals surface area contributed by atoms with Gasteiger partial charge in [0.15, 0.2) is 5.78 Å². The number of amides is 1. The molecule has 2 aromatic carbocycles. The Morgan fingerprint density at radius 3 is 2.22 bits per heavy atom. The molecule has 0 radical (unpaired) electrons. The zero-order valence-electron chi connectivity index (χ0n) is 14.9. The predicted octanol–water partition coefficient (Wildman–Crippen LogP) is 3.36. The maximum absolute atomic E-state index is 13.4. The first kappa shape index (κ1) is 17.2. The van der Waals surface area contributed by atoms with Crippen LogP contribution in [0.5, 0.6) is 0 Å². The lowest BCUT2D eigenvalue weighted by Crippen LogP contribution is -2.54. The van der Waals surface area contributed by atoms with Crippen LogP contribution in [0.2, 0.25) is 0 Å². The SMILES string of the molecule is CCC1=C(c2ccccc2)N(c2ccccc2)C(=O)[C@H]2C(=O)CC(=O)O[C@@H]12. The Morgan fingerprint density at radius 1 is 0.963 bits per heavy atom. The standard InChI is InChI=1S/C22H19NO4/c1-2-16-20(14-9-5-3-6-10-14)23(15-11-7-4-8-12-15)22(26)19-17(24)13-18(25)27-21(16)19/h3-12,19,21H,2,13H2,1H3/t19-,21-/m0/s1. The number of carbonyl (C=O) groups excluding carboxylic acids is 3. The number of rotatable bonds is 3. The van der Waals surface area contributed by atoms with Crippen molar-refractivity contribution in [2.45, 2.75) is 25.9 Å². The molecule has 2 aromatic rings. The molecule has 0 saturated carbocycles. The van der Waals surface area contributed by atoms with Crippen molar-refractivity contribution in [3.05, 3.63) is 71.8 Å². The van der Waals surface area contributed by atoms with Crippen LogP contribution >= 0.6 is 0 Å². The quantitative estimate of drug-likeness (QED) is 0.621. The largest absolute Gasteiger partial charge is 0.456 e. The Bertz CT molecular complexity index is 933. The van der Waals surface area contributed by atoms with E-state index in [0.29, 0.717) is 17.8 Å². The van der Waals surface area contributed by atoms with E-state index in [4.69, 9.17) is 4.74 Å². The molecular weight excluding hydrogens is 342 g/mol. The number of esters is 1. The summed E-state index contributed by atoms with van der Waals surface area (Å²) in [5.74, 6) is -2.27. The molecule has 0 aromatic heterocycles.